The van der Waals surface area contributed by atoms with Gasteiger partial charge in [0.25, 0.3) is 0 Å². The third-order valence-corrected chi connectivity index (χ3v) is 6.37. The van der Waals surface area contributed by atoms with Gasteiger partial charge in [0.1, 0.15) is 0 Å². The van der Waals surface area contributed by atoms with E-state index in [1.807, 2.05) is 12.2 Å². The molecular weight excluding hydrogens is 336 g/mol. The van der Waals surface area contributed by atoms with Crippen LogP contribution in [0.1, 0.15) is 30.5 Å². The fraction of sp³-hybridized carbons (Fsp3) is 0.261. The molecule has 0 amide bonds. The summed E-state index contributed by atoms with van der Waals surface area (Å²) >= 11 is 1.73. The lowest BCUT2D eigenvalue weighted by molar-refractivity contribution is 0.285. The fourth-order valence-electron chi connectivity index (χ4n) is 3.99. The van der Waals surface area contributed by atoms with E-state index in [4.69, 9.17) is 4.99 Å². The third kappa shape index (κ3) is 2.77. The standard InChI is InChI=1S/C23H24N2S/c1-3-14-24-22-25(15-4-2)21(17-26-22)23(12-7-13-23)20-11-10-18-8-5-6-9-19(18)16-20/h3-6,8-11,16-17H,1-2,7,12-15H2. The Bertz CT molecular complexity index is 1020. The number of hydrogen-bond acceptors (Lipinski definition) is 2. The number of fused-ring (bicyclic) bond motifs is 1. The topological polar surface area (TPSA) is 17.3 Å². The molecule has 2 nitrogen and oxygen atoms in total. The van der Waals surface area contributed by atoms with Crippen LogP contribution in [0.4, 0.5) is 0 Å². The van der Waals surface area contributed by atoms with Gasteiger partial charge in [-0.3, -0.25) is 4.99 Å². The Morgan fingerprint density at radius 2 is 1.88 bits per heavy atom. The highest BCUT2D eigenvalue weighted by atomic mass is 32.1. The molecule has 1 aliphatic rings. The van der Waals surface area contributed by atoms with Crippen LogP contribution in [0.2, 0.25) is 0 Å². The molecule has 0 bridgehead atoms. The summed E-state index contributed by atoms with van der Waals surface area (Å²) in [7, 11) is 0. The van der Waals surface area contributed by atoms with Crippen molar-refractivity contribution in [3.8, 4) is 0 Å². The van der Waals surface area contributed by atoms with Crippen LogP contribution >= 0.6 is 11.3 Å². The van der Waals surface area contributed by atoms with Gasteiger partial charge in [0, 0.05) is 23.0 Å². The zero-order valence-electron chi connectivity index (χ0n) is 15.0. The van der Waals surface area contributed by atoms with E-state index in [-0.39, 0.29) is 5.41 Å². The fourth-order valence-corrected chi connectivity index (χ4v) is 5.01. The summed E-state index contributed by atoms with van der Waals surface area (Å²) < 4.78 is 2.34. The van der Waals surface area contributed by atoms with Gasteiger partial charge in [0.2, 0.25) is 0 Å². The maximum absolute atomic E-state index is 4.70. The van der Waals surface area contributed by atoms with Crippen molar-refractivity contribution >= 4 is 22.1 Å². The van der Waals surface area contributed by atoms with Crippen molar-refractivity contribution in [2.75, 3.05) is 6.54 Å². The Kier molecular flexibility index (Phi) is 4.64. The Morgan fingerprint density at radius 1 is 1.08 bits per heavy atom. The highest BCUT2D eigenvalue weighted by Gasteiger charge is 2.42. The van der Waals surface area contributed by atoms with E-state index in [0.29, 0.717) is 6.54 Å². The van der Waals surface area contributed by atoms with Gasteiger partial charge in [0.15, 0.2) is 4.80 Å². The van der Waals surface area contributed by atoms with Gasteiger partial charge in [-0.15, -0.1) is 24.5 Å². The first-order chi connectivity index (χ1) is 12.8. The lowest BCUT2D eigenvalue weighted by Crippen LogP contribution is -2.39. The Balaban J connectivity index is 1.87. The molecule has 3 heteroatoms. The molecule has 0 unspecified atom stereocenters. The number of aromatic nitrogens is 1. The summed E-state index contributed by atoms with van der Waals surface area (Å²) in [4.78, 5) is 5.76. The molecular formula is C23H24N2S. The zero-order valence-corrected chi connectivity index (χ0v) is 15.8. The highest BCUT2D eigenvalue weighted by Crippen LogP contribution is 2.49. The van der Waals surface area contributed by atoms with E-state index in [2.05, 4.69) is 65.6 Å². The summed E-state index contributed by atoms with van der Waals surface area (Å²) in [6.07, 6.45) is 7.48. The zero-order chi connectivity index (χ0) is 18.0. The van der Waals surface area contributed by atoms with Gasteiger partial charge in [-0.25, -0.2) is 0 Å². The number of allylic oxidation sites excluding steroid dienone is 1. The van der Waals surface area contributed by atoms with E-state index in [1.54, 1.807) is 11.3 Å². The quantitative estimate of drug-likeness (QED) is 0.520. The van der Waals surface area contributed by atoms with Crippen molar-refractivity contribution in [3.05, 3.63) is 89.2 Å². The van der Waals surface area contributed by atoms with E-state index in [9.17, 15) is 0 Å². The minimum atomic E-state index is 0.103. The molecule has 1 aromatic heterocycles. The second-order valence-corrected chi connectivity index (χ2v) is 7.77. The molecule has 1 heterocycles. The minimum absolute atomic E-state index is 0.103. The average molecular weight is 361 g/mol. The number of thiazole rings is 1. The van der Waals surface area contributed by atoms with Gasteiger partial charge in [-0.05, 0) is 29.2 Å². The summed E-state index contributed by atoms with van der Waals surface area (Å²) in [5.41, 5.74) is 2.91. The van der Waals surface area contributed by atoms with Crippen LogP contribution in [-0.2, 0) is 12.0 Å². The highest BCUT2D eigenvalue weighted by molar-refractivity contribution is 7.07. The molecule has 0 radical (unpaired) electrons. The van der Waals surface area contributed by atoms with Gasteiger partial charge < -0.3 is 4.57 Å². The summed E-state index contributed by atoms with van der Waals surface area (Å²) in [6.45, 7) is 9.20. The predicted molar refractivity (Wildman–Crippen MR) is 112 cm³/mol. The van der Waals surface area contributed by atoms with Crippen LogP contribution in [0.3, 0.4) is 0 Å². The first-order valence-corrected chi connectivity index (χ1v) is 10.1. The van der Waals surface area contributed by atoms with Gasteiger partial charge in [-0.1, -0.05) is 61.0 Å². The minimum Gasteiger partial charge on any atom is -0.316 e. The molecule has 4 rings (SSSR count). The van der Waals surface area contributed by atoms with Crippen LogP contribution in [0, 0.1) is 0 Å². The molecule has 0 atom stereocenters. The molecule has 26 heavy (non-hydrogen) atoms. The second kappa shape index (κ2) is 7.08. The molecule has 1 fully saturated rings. The van der Waals surface area contributed by atoms with Crippen LogP contribution < -0.4 is 4.80 Å². The van der Waals surface area contributed by atoms with Gasteiger partial charge in [0.05, 0.1) is 6.54 Å². The molecule has 0 aliphatic heterocycles. The number of nitrogens with zero attached hydrogens (tertiary/aromatic N) is 2. The van der Waals surface area contributed by atoms with Crippen LogP contribution in [0.5, 0.6) is 0 Å². The molecule has 2 aromatic carbocycles. The van der Waals surface area contributed by atoms with Crippen molar-refractivity contribution in [3.63, 3.8) is 0 Å². The average Bonchev–Trinajstić information content (AvgIpc) is 3.02. The Labute approximate surface area is 158 Å². The molecule has 3 aromatic rings. The smallest absolute Gasteiger partial charge is 0.185 e. The van der Waals surface area contributed by atoms with Gasteiger partial charge >= 0.3 is 0 Å². The van der Waals surface area contributed by atoms with Gasteiger partial charge in [-0.2, -0.15) is 0 Å². The number of benzene rings is 2. The second-order valence-electron chi connectivity index (χ2n) is 6.93. The normalized spacial score (nSPS) is 16.4. The van der Waals surface area contributed by atoms with Crippen molar-refractivity contribution < 1.29 is 0 Å². The predicted octanol–water partition coefficient (Wildman–Crippen LogP) is 5.45. The maximum atomic E-state index is 4.70. The first-order valence-electron chi connectivity index (χ1n) is 9.19. The van der Waals surface area contributed by atoms with Crippen molar-refractivity contribution in [1.29, 1.82) is 0 Å². The third-order valence-electron chi connectivity index (χ3n) is 5.46. The van der Waals surface area contributed by atoms with Crippen molar-refractivity contribution in [2.45, 2.75) is 31.2 Å². The molecule has 0 saturated heterocycles. The maximum Gasteiger partial charge on any atom is 0.185 e. The lowest BCUT2D eigenvalue weighted by atomic mass is 9.62. The molecule has 0 N–H and O–H groups in total. The largest absolute Gasteiger partial charge is 0.316 e. The molecule has 1 saturated carbocycles. The monoisotopic (exact) mass is 360 g/mol. The first kappa shape index (κ1) is 17.0. The van der Waals surface area contributed by atoms with E-state index in [0.717, 1.165) is 11.3 Å². The van der Waals surface area contributed by atoms with Crippen molar-refractivity contribution in [2.24, 2.45) is 4.99 Å². The van der Waals surface area contributed by atoms with Crippen LogP contribution in [-0.4, -0.2) is 11.1 Å². The lowest BCUT2D eigenvalue weighted by Gasteiger charge is -2.43. The Hall–Kier alpha value is -2.39. The van der Waals surface area contributed by atoms with Crippen molar-refractivity contribution in [1.82, 2.24) is 4.57 Å². The summed E-state index contributed by atoms with van der Waals surface area (Å²) in [5.74, 6) is 0. The number of hydrogen-bond donors (Lipinski definition) is 0. The van der Waals surface area contributed by atoms with Crippen LogP contribution in [0.15, 0.2) is 78.1 Å². The summed E-state index contributed by atoms with van der Waals surface area (Å²) in [5, 5.41) is 4.93. The van der Waals surface area contributed by atoms with E-state index >= 15 is 0 Å². The van der Waals surface area contributed by atoms with E-state index in [1.165, 1.54) is 41.3 Å². The SMILES string of the molecule is C=CCN=c1scc(C2(c3ccc4ccccc4c3)CCC2)n1CC=C. The number of rotatable bonds is 6. The summed E-state index contributed by atoms with van der Waals surface area (Å²) in [6, 6.07) is 15.6. The van der Waals surface area contributed by atoms with E-state index < -0.39 is 0 Å². The molecule has 1 aliphatic carbocycles. The van der Waals surface area contributed by atoms with Crippen LogP contribution in [0.25, 0.3) is 10.8 Å². The molecule has 132 valence electrons. The molecule has 0 spiro atoms. The Morgan fingerprint density at radius 3 is 2.58 bits per heavy atom.